The van der Waals surface area contributed by atoms with Crippen molar-refractivity contribution in [2.45, 2.75) is 52.9 Å². The second-order valence-corrected chi connectivity index (χ2v) is 6.20. The van der Waals surface area contributed by atoms with Gasteiger partial charge >= 0.3 is 0 Å². The lowest BCUT2D eigenvalue weighted by atomic mass is 9.52. The monoisotopic (exact) mass is 204 g/mol. The predicted molar refractivity (Wildman–Crippen MR) is 66.7 cm³/mol. The summed E-state index contributed by atoms with van der Waals surface area (Å²) < 4.78 is 0. The normalized spacial score (nSPS) is 38.9. The van der Waals surface area contributed by atoms with Crippen LogP contribution >= 0.6 is 0 Å². The van der Waals surface area contributed by atoms with Crippen LogP contribution in [0.25, 0.3) is 0 Å². The van der Waals surface area contributed by atoms with Gasteiger partial charge in [0.1, 0.15) is 0 Å². The Kier molecular flexibility index (Phi) is 2.79. The van der Waals surface area contributed by atoms with Crippen LogP contribution in [0.4, 0.5) is 0 Å². The third kappa shape index (κ3) is 2.04. The van der Waals surface area contributed by atoms with Gasteiger partial charge in [0.05, 0.1) is 0 Å². The summed E-state index contributed by atoms with van der Waals surface area (Å²) in [4.78, 5) is 0. The van der Waals surface area contributed by atoms with Crippen molar-refractivity contribution in [3.8, 4) is 0 Å². The lowest BCUT2D eigenvalue weighted by molar-refractivity contribution is 0.0121. The molecule has 2 rings (SSSR count). The molecule has 0 bridgehead atoms. The predicted octanol–water partition coefficient (Wildman–Crippen LogP) is 4.73. The van der Waals surface area contributed by atoms with Crippen LogP contribution in [0.1, 0.15) is 52.9 Å². The molecule has 0 aromatic heterocycles. The third-order valence-electron chi connectivity index (χ3n) is 4.55. The third-order valence-corrected chi connectivity index (χ3v) is 4.55. The Balaban J connectivity index is 2.15. The maximum atomic E-state index is 4.31. The van der Waals surface area contributed by atoms with Crippen molar-refractivity contribution in [1.82, 2.24) is 0 Å². The van der Waals surface area contributed by atoms with Crippen molar-refractivity contribution in [3.05, 3.63) is 23.8 Å². The molecule has 15 heavy (non-hydrogen) atoms. The van der Waals surface area contributed by atoms with Crippen LogP contribution in [0.2, 0.25) is 0 Å². The first-order valence-electron chi connectivity index (χ1n) is 6.34. The quantitative estimate of drug-likeness (QED) is 0.501. The van der Waals surface area contributed by atoms with Crippen LogP contribution in [0.15, 0.2) is 23.8 Å². The summed E-state index contributed by atoms with van der Waals surface area (Å²) in [7, 11) is 0. The molecule has 1 unspecified atom stereocenters. The van der Waals surface area contributed by atoms with Crippen molar-refractivity contribution in [2.75, 3.05) is 0 Å². The zero-order valence-corrected chi connectivity index (χ0v) is 10.5. The number of hydrogen-bond donors (Lipinski definition) is 0. The van der Waals surface area contributed by atoms with Gasteiger partial charge in [0, 0.05) is 0 Å². The summed E-state index contributed by atoms with van der Waals surface area (Å²) in [6.07, 6.45) is 8.97. The molecule has 0 radical (unpaired) electrons. The van der Waals surface area contributed by atoms with Gasteiger partial charge in [0.2, 0.25) is 0 Å². The van der Waals surface area contributed by atoms with E-state index in [9.17, 15) is 0 Å². The topological polar surface area (TPSA) is 0 Å². The zero-order chi connectivity index (χ0) is 11.1. The van der Waals surface area contributed by atoms with Crippen LogP contribution in [-0.4, -0.2) is 0 Å². The standard InChI is InChI=1S/C15H24/c1-11-6-5-7-12(2)13-10-15(3,4)14(13)9-8-11/h8,13-14H,2,5-7,9-10H2,1,3-4H3/b11-8-/t13?,14-/m1/s1. The molecule has 0 heteroatoms. The largest absolute Gasteiger partial charge is 0.0996 e. The van der Waals surface area contributed by atoms with Crippen molar-refractivity contribution >= 4 is 0 Å². The van der Waals surface area contributed by atoms with Gasteiger partial charge in [-0.15, -0.1) is 0 Å². The van der Waals surface area contributed by atoms with Gasteiger partial charge in [0.25, 0.3) is 0 Å². The fourth-order valence-electron chi connectivity index (χ4n) is 3.37. The number of allylic oxidation sites excluding steroid dienone is 3. The number of rotatable bonds is 0. The molecule has 0 heterocycles. The first-order chi connectivity index (χ1) is 7.00. The van der Waals surface area contributed by atoms with E-state index in [1.54, 1.807) is 5.57 Å². The maximum absolute atomic E-state index is 4.31. The highest BCUT2D eigenvalue weighted by molar-refractivity contribution is 5.16. The van der Waals surface area contributed by atoms with Crippen LogP contribution < -0.4 is 0 Å². The number of fused-ring (bicyclic) bond motifs is 1. The first kappa shape index (κ1) is 11.0. The minimum Gasteiger partial charge on any atom is -0.0996 e. The van der Waals surface area contributed by atoms with E-state index >= 15 is 0 Å². The molecule has 2 atom stereocenters. The second-order valence-electron chi connectivity index (χ2n) is 6.20. The minimum absolute atomic E-state index is 0.550. The van der Waals surface area contributed by atoms with E-state index in [-0.39, 0.29) is 0 Å². The summed E-state index contributed by atoms with van der Waals surface area (Å²) in [5, 5.41) is 0. The minimum atomic E-state index is 0.550. The van der Waals surface area contributed by atoms with E-state index in [0.29, 0.717) is 5.41 Å². The molecule has 2 aliphatic rings. The second kappa shape index (κ2) is 3.81. The fourth-order valence-corrected chi connectivity index (χ4v) is 3.37. The molecule has 0 amide bonds. The lowest BCUT2D eigenvalue weighted by Crippen LogP contribution is -2.44. The van der Waals surface area contributed by atoms with Crippen molar-refractivity contribution in [1.29, 1.82) is 0 Å². The highest BCUT2D eigenvalue weighted by Crippen LogP contribution is 2.56. The summed E-state index contributed by atoms with van der Waals surface area (Å²) >= 11 is 0. The molecule has 0 N–H and O–H groups in total. The summed E-state index contributed by atoms with van der Waals surface area (Å²) in [6, 6.07) is 0. The van der Waals surface area contributed by atoms with E-state index < -0.39 is 0 Å². The SMILES string of the molecule is C=C1CCC/C(C)=C\C[C@@H]2C1CC2(C)C. The summed E-state index contributed by atoms with van der Waals surface area (Å²) in [5.41, 5.74) is 3.67. The van der Waals surface area contributed by atoms with Crippen LogP contribution in [0, 0.1) is 17.3 Å². The Bertz CT molecular complexity index is 293. The Labute approximate surface area is 94.5 Å². The Morgan fingerprint density at radius 2 is 2.07 bits per heavy atom. The van der Waals surface area contributed by atoms with Crippen molar-refractivity contribution in [2.24, 2.45) is 17.3 Å². The lowest BCUT2D eigenvalue weighted by Gasteiger charge is -2.52. The maximum Gasteiger partial charge on any atom is -0.0164 e. The highest BCUT2D eigenvalue weighted by Gasteiger charge is 2.47. The molecular formula is C15H24. The van der Waals surface area contributed by atoms with E-state index in [2.05, 4.69) is 33.4 Å². The average molecular weight is 204 g/mol. The molecule has 0 spiro atoms. The molecule has 0 aromatic rings. The zero-order valence-electron chi connectivity index (χ0n) is 10.5. The molecule has 0 nitrogen and oxygen atoms in total. The van der Waals surface area contributed by atoms with E-state index in [4.69, 9.17) is 0 Å². The van der Waals surface area contributed by atoms with Gasteiger partial charge < -0.3 is 0 Å². The number of hydrogen-bond acceptors (Lipinski definition) is 0. The van der Waals surface area contributed by atoms with E-state index in [1.807, 2.05) is 0 Å². The molecule has 0 aromatic carbocycles. The van der Waals surface area contributed by atoms with Gasteiger partial charge in [0.15, 0.2) is 0 Å². The van der Waals surface area contributed by atoms with Gasteiger partial charge in [-0.1, -0.05) is 37.6 Å². The van der Waals surface area contributed by atoms with E-state index in [0.717, 1.165) is 11.8 Å². The van der Waals surface area contributed by atoms with Crippen molar-refractivity contribution in [3.63, 3.8) is 0 Å². The van der Waals surface area contributed by atoms with Crippen molar-refractivity contribution < 1.29 is 0 Å². The molecule has 1 saturated carbocycles. The molecule has 0 saturated heterocycles. The van der Waals surface area contributed by atoms with Crippen LogP contribution in [-0.2, 0) is 0 Å². The Hall–Kier alpha value is -0.520. The van der Waals surface area contributed by atoms with Gasteiger partial charge in [-0.25, -0.2) is 0 Å². The van der Waals surface area contributed by atoms with E-state index in [1.165, 1.54) is 37.7 Å². The van der Waals surface area contributed by atoms with Crippen LogP contribution in [0.3, 0.4) is 0 Å². The molecule has 84 valence electrons. The highest BCUT2D eigenvalue weighted by atomic mass is 14.5. The Morgan fingerprint density at radius 1 is 1.33 bits per heavy atom. The molecule has 1 fully saturated rings. The van der Waals surface area contributed by atoms with Crippen LogP contribution in [0.5, 0.6) is 0 Å². The molecule has 0 aliphatic heterocycles. The van der Waals surface area contributed by atoms with Gasteiger partial charge in [-0.3, -0.25) is 0 Å². The summed E-state index contributed by atoms with van der Waals surface area (Å²) in [5.74, 6) is 1.68. The molecule has 2 aliphatic carbocycles. The smallest absolute Gasteiger partial charge is 0.0164 e. The summed E-state index contributed by atoms with van der Waals surface area (Å²) in [6.45, 7) is 11.4. The molecular weight excluding hydrogens is 180 g/mol. The average Bonchev–Trinajstić information content (AvgIpc) is 2.18. The van der Waals surface area contributed by atoms with Gasteiger partial charge in [-0.2, -0.15) is 0 Å². The fraction of sp³-hybridized carbons (Fsp3) is 0.733. The Morgan fingerprint density at radius 3 is 2.73 bits per heavy atom. The first-order valence-corrected chi connectivity index (χ1v) is 6.34. The van der Waals surface area contributed by atoms with Gasteiger partial charge in [-0.05, 0) is 56.3 Å².